The van der Waals surface area contributed by atoms with Crippen molar-refractivity contribution in [2.75, 3.05) is 13.2 Å². The van der Waals surface area contributed by atoms with E-state index >= 15 is 0 Å². The molecule has 2 unspecified atom stereocenters. The standard InChI is InChI=1S/C34H40Cl6O8/c1-17(2)19(5)11-7-9-13-45-31(41)25-27(39)21(35)15-23(37)29(25)47-33(43)34(44)48-30-24(38)16-22(36)28(40)26(30)32(42)46-14-10-8-12-20(6)18(3)4/h15-20H,7-14H2,1-6H3. The van der Waals surface area contributed by atoms with Crippen LogP contribution in [0.5, 0.6) is 11.5 Å². The zero-order valence-electron chi connectivity index (χ0n) is 27.7. The number of carbonyl (C=O) groups is 4. The van der Waals surface area contributed by atoms with Crippen LogP contribution in [-0.2, 0) is 19.1 Å². The third-order valence-corrected chi connectivity index (χ3v) is 10.2. The lowest BCUT2D eigenvalue weighted by molar-refractivity contribution is -0.156. The molecule has 0 saturated carbocycles. The van der Waals surface area contributed by atoms with E-state index in [2.05, 4.69) is 41.5 Å². The van der Waals surface area contributed by atoms with Crippen molar-refractivity contribution in [1.82, 2.24) is 0 Å². The average Bonchev–Trinajstić information content (AvgIpc) is 3.01. The second-order valence-electron chi connectivity index (χ2n) is 12.2. The van der Waals surface area contributed by atoms with E-state index < -0.39 is 46.5 Å². The molecule has 0 aliphatic heterocycles. The van der Waals surface area contributed by atoms with Crippen LogP contribution in [0.1, 0.15) is 101 Å². The lowest BCUT2D eigenvalue weighted by atomic mass is 9.93. The van der Waals surface area contributed by atoms with Gasteiger partial charge in [-0.3, -0.25) is 0 Å². The fraction of sp³-hybridized carbons (Fsp3) is 0.529. The molecule has 266 valence electrons. The number of benzene rings is 2. The third-order valence-electron chi connectivity index (χ3n) is 8.07. The van der Waals surface area contributed by atoms with Crippen LogP contribution in [0.4, 0.5) is 0 Å². The van der Waals surface area contributed by atoms with E-state index in [1.807, 2.05) is 0 Å². The van der Waals surface area contributed by atoms with Crippen molar-refractivity contribution in [3.05, 3.63) is 53.4 Å². The molecule has 0 saturated heterocycles. The molecule has 0 spiro atoms. The maximum Gasteiger partial charge on any atom is 0.423 e. The van der Waals surface area contributed by atoms with Crippen molar-refractivity contribution in [3.8, 4) is 11.5 Å². The molecule has 0 aromatic heterocycles. The molecule has 48 heavy (non-hydrogen) atoms. The van der Waals surface area contributed by atoms with Gasteiger partial charge >= 0.3 is 23.9 Å². The van der Waals surface area contributed by atoms with Crippen molar-refractivity contribution in [2.45, 2.75) is 80.1 Å². The van der Waals surface area contributed by atoms with Gasteiger partial charge in [0, 0.05) is 0 Å². The lowest BCUT2D eigenvalue weighted by Crippen LogP contribution is -2.27. The molecule has 2 aromatic carbocycles. The van der Waals surface area contributed by atoms with Crippen molar-refractivity contribution < 1.29 is 38.1 Å². The van der Waals surface area contributed by atoms with Crippen LogP contribution in [0.2, 0.25) is 30.1 Å². The van der Waals surface area contributed by atoms with Crippen LogP contribution >= 0.6 is 69.6 Å². The Labute approximate surface area is 311 Å². The summed E-state index contributed by atoms with van der Waals surface area (Å²) >= 11 is 37.3. The summed E-state index contributed by atoms with van der Waals surface area (Å²) in [5, 5.41) is -1.51. The lowest BCUT2D eigenvalue weighted by Gasteiger charge is -2.16. The first kappa shape index (κ1) is 42.2. The highest BCUT2D eigenvalue weighted by Gasteiger charge is 2.32. The monoisotopic (exact) mass is 786 g/mol. The highest BCUT2D eigenvalue weighted by atomic mass is 35.5. The average molecular weight is 789 g/mol. The Morgan fingerprint density at radius 2 is 0.875 bits per heavy atom. The van der Waals surface area contributed by atoms with Crippen molar-refractivity contribution >= 4 is 93.5 Å². The summed E-state index contributed by atoms with van der Waals surface area (Å²) in [6.07, 6.45) is 4.67. The number of ether oxygens (including phenoxy) is 4. The number of esters is 4. The van der Waals surface area contributed by atoms with Crippen LogP contribution in [0.25, 0.3) is 0 Å². The van der Waals surface area contributed by atoms with E-state index in [-0.39, 0.29) is 43.3 Å². The van der Waals surface area contributed by atoms with Gasteiger partial charge in [-0.1, -0.05) is 124 Å². The minimum absolute atomic E-state index is 0.0469. The number of carbonyl (C=O) groups excluding carboxylic acids is 4. The first-order valence-electron chi connectivity index (χ1n) is 15.6. The normalized spacial score (nSPS) is 12.5. The predicted octanol–water partition coefficient (Wildman–Crippen LogP) is 11.4. The number of hydrogen-bond acceptors (Lipinski definition) is 8. The minimum atomic E-state index is -1.65. The number of rotatable bonds is 16. The van der Waals surface area contributed by atoms with Gasteiger partial charge in [0.05, 0.1) is 43.3 Å². The van der Waals surface area contributed by atoms with Gasteiger partial charge in [-0.15, -0.1) is 0 Å². The molecular weight excluding hydrogens is 749 g/mol. The summed E-state index contributed by atoms with van der Waals surface area (Å²) in [7, 11) is 0. The van der Waals surface area contributed by atoms with Gasteiger partial charge in [0.1, 0.15) is 11.1 Å². The predicted molar refractivity (Wildman–Crippen MR) is 190 cm³/mol. The quantitative estimate of drug-likeness (QED) is 0.0544. The fourth-order valence-electron chi connectivity index (χ4n) is 4.27. The Bertz CT molecular complexity index is 1370. The molecule has 0 radical (unpaired) electrons. The molecule has 2 rings (SSSR count). The van der Waals surface area contributed by atoms with Crippen LogP contribution in [0.3, 0.4) is 0 Å². The molecular formula is C34H40Cl6O8. The van der Waals surface area contributed by atoms with E-state index in [1.165, 1.54) is 0 Å². The summed E-state index contributed by atoms with van der Waals surface area (Å²) in [4.78, 5) is 52.0. The van der Waals surface area contributed by atoms with Gasteiger partial charge in [0.15, 0.2) is 11.5 Å². The van der Waals surface area contributed by atoms with Crippen LogP contribution in [-0.4, -0.2) is 37.1 Å². The Morgan fingerprint density at radius 1 is 0.542 bits per heavy atom. The first-order valence-corrected chi connectivity index (χ1v) is 17.9. The van der Waals surface area contributed by atoms with Gasteiger partial charge in [0.25, 0.3) is 0 Å². The first-order chi connectivity index (χ1) is 22.5. The van der Waals surface area contributed by atoms with E-state index in [0.29, 0.717) is 36.5 Å². The highest BCUT2D eigenvalue weighted by Crippen LogP contribution is 2.42. The van der Waals surface area contributed by atoms with Crippen LogP contribution < -0.4 is 9.47 Å². The molecule has 0 fully saturated rings. The van der Waals surface area contributed by atoms with E-state index in [4.69, 9.17) is 88.6 Å². The molecule has 0 amide bonds. The fourth-order valence-corrected chi connectivity index (χ4v) is 5.71. The third kappa shape index (κ3) is 12.1. The maximum absolute atomic E-state index is 13.0. The second kappa shape index (κ2) is 20.0. The molecule has 0 heterocycles. The van der Waals surface area contributed by atoms with E-state index in [9.17, 15) is 19.2 Å². The maximum atomic E-state index is 13.0. The van der Waals surface area contributed by atoms with Gasteiger partial charge < -0.3 is 18.9 Å². The van der Waals surface area contributed by atoms with E-state index in [1.54, 1.807) is 0 Å². The molecule has 0 aliphatic rings. The zero-order valence-corrected chi connectivity index (χ0v) is 32.2. The number of halogens is 6. The van der Waals surface area contributed by atoms with Gasteiger partial charge in [-0.25, -0.2) is 19.2 Å². The van der Waals surface area contributed by atoms with Gasteiger partial charge in [-0.05, 0) is 61.5 Å². The second-order valence-corrected chi connectivity index (χ2v) is 14.6. The molecule has 8 nitrogen and oxygen atoms in total. The number of unbranched alkanes of at least 4 members (excludes halogenated alkanes) is 2. The Kier molecular flexibility index (Phi) is 17.6. The van der Waals surface area contributed by atoms with Crippen molar-refractivity contribution in [3.63, 3.8) is 0 Å². The van der Waals surface area contributed by atoms with Gasteiger partial charge in [0.2, 0.25) is 0 Å². The van der Waals surface area contributed by atoms with Crippen molar-refractivity contribution in [1.29, 1.82) is 0 Å². The molecule has 14 heteroatoms. The smallest absolute Gasteiger partial charge is 0.423 e. The molecule has 0 aliphatic carbocycles. The molecule has 0 bridgehead atoms. The Balaban J connectivity index is 2.21. The summed E-state index contributed by atoms with van der Waals surface area (Å²) in [5.74, 6) is -4.37. The SMILES string of the molecule is CC(C)C(C)CCCCOC(=O)c1c(Cl)c(Cl)cc(Cl)c1OC(=O)C(=O)Oc1c(Cl)cc(Cl)c(Cl)c1C(=O)OCCCCC(C)C(C)C. The minimum Gasteiger partial charge on any atom is -0.462 e. The molecule has 0 N–H and O–H groups in total. The largest absolute Gasteiger partial charge is 0.462 e. The molecule has 2 aromatic rings. The number of hydrogen-bond donors (Lipinski definition) is 0. The van der Waals surface area contributed by atoms with Crippen LogP contribution in [0.15, 0.2) is 12.1 Å². The van der Waals surface area contributed by atoms with Gasteiger partial charge in [-0.2, -0.15) is 0 Å². The summed E-state index contributed by atoms with van der Waals surface area (Å²) in [5.41, 5.74) is -0.934. The highest BCUT2D eigenvalue weighted by molar-refractivity contribution is 6.47. The zero-order chi connectivity index (χ0) is 36.3. The summed E-state index contributed by atoms with van der Waals surface area (Å²) < 4.78 is 21.0. The van der Waals surface area contributed by atoms with Crippen LogP contribution in [0, 0.1) is 23.7 Å². The summed E-state index contributed by atoms with van der Waals surface area (Å²) in [6, 6.07) is 2.24. The molecule has 2 atom stereocenters. The van der Waals surface area contributed by atoms with E-state index in [0.717, 1.165) is 37.8 Å². The summed E-state index contributed by atoms with van der Waals surface area (Å²) in [6.45, 7) is 12.9. The Hall–Kier alpha value is -1.94. The topological polar surface area (TPSA) is 105 Å². The van der Waals surface area contributed by atoms with Crippen molar-refractivity contribution in [2.24, 2.45) is 23.7 Å². The Morgan fingerprint density at radius 3 is 1.19 bits per heavy atom.